The fourth-order valence-electron chi connectivity index (χ4n) is 2.67. The molecular formula is C14H21ClN2O. The predicted octanol–water partition coefficient (Wildman–Crippen LogP) is 2.28. The standard InChI is InChI=1S/C14H21ClN2O/c1-11-5-7-16-10-14(6-8-18)17(11)13-4-2-3-12(15)9-13/h2-4,9,11,14,16,18H,5-8,10H2,1H3. The number of anilines is 1. The first-order valence-corrected chi connectivity index (χ1v) is 6.95. The van der Waals surface area contributed by atoms with Crippen LogP contribution in [0.25, 0.3) is 0 Å². The molecule has 1 aromatic rings. The molecule has 0 spiro atoms. The first-order valence-electron chi connectivity index (χ1n) is 6.58. The molecule has 2 N–H and O–H groups in total. The fraction of sp³-hybridized carbons (Fsp3) is 0.571. The van der Waals surface area contributed by atoms with Gasteiger partial charge >= 0.3 is 0 Å². The van der Waals surface area contributed by atoms with Crippen molar-refractivity contribution in [3.8, 4) is 0 Å². The van der Waals surface area contributed by atoms with E-state index in [1.54, 1.807) is 0 Å². The third-order valence-corrected chi connectivity index (χ3v) is 3.79. The van der Waals surface area contributed by atoms with Gasteiger partial charge in [-0.1, -0.05) is 17.7 Å². The highest BCUT2D eigenvalue weighted by molar-refractivity contribution is 6.30. The van der Waals surface area contributed by atoms with Gasteiger partial charge in [0.25, 0.3) is 0 Å². The quantitative estimate of drug-likeness (QED) is 0.883. The van der Waals surface area contributed by atoms with Crippen molar-refractivity contribution in [3.05, 3.63) is 29.3 Å². The summed E-state index contributed by atoms with van der Waals surface area (Å²) < 4.78 is 0. The van der Waals surface area contributed by atoms with Gasteiger partial charge in [-0.15, -0.1) is 0 Å². The van der Waals surface area contributed by atoms with E-state index in [1.807, 2.05) is 18.2 Å². The van der Waals surface area contributed by atoms with Crippen LogP contribution in [0, 0.1) is 0 Å². The molecule has 0 saturated carbocycles. The van der Waals surface area contributed by atoms with Gasteiger partial charge in [0.1, 0.15) is 0 Å². The summed E-state index contributed by atoms with van der Waals surface area (Å²) in [6, 6.07) is 8.76. The van der Waals surface area contributed by atoms with E-state index in [9.17, 15) is 5.11 Å². The van der Waals surface area contributed by atoms with Crippen LogP contribution < -0.4 is 10.2 Å². The SMILES string of the molecule is CC1CCNCC(CCO)N1c1cccc(Cl)c1. The molecule has 0 bridgehead atoms. The van der Waals surface area contributed by atoms with E-state index in [0.29, 0.717) is 12.1 Å². The van der Waals surface area contributed by atoms with Crippen LogP contribution in [-0.4, -0.2) is 36.9 Å². The summed E-state index contributed by atoms with van der Waals surface area (Å²) in [7, 11) is 0. The molecule has 1 heterocycles. The minimum atomic E-state index is 0.218. The van der Waals surface area contributed by atoms with E-state index in [-0.39, 0.29) is 6.61 Å². The smallest absolute Gasteiger partial charge is 0.0451 e. The Morgan fingerprint density at radius 3 is 3.06 bits per heavy atom. The molecule has 1 aliphatic rings. The molecule has 4 heteroatoms. The molecule has 3 nitrogen and oxygen atoms in total. The second kappa shape index (κ2) is 6.41. The van der Waals surface area contributed by atoms with Crippen molar-refractivity contribution < 1.29 is 5.11 Å². The summed E-state index contributed by atoms with van der Waals surface area (Å²) in [4.78, 5) is 2.39. The summed E-state index contributed by atoms with van der Waals surface area (Å²) in [5.41, 5.74) is 1.15. The molecule has 100 valence electrons. The maximum absolute atomic E-state index is 9.24. The number of rotatable bonds is 3. The maximum atomic E-state index is 9.24. The molecule has 1 aromatic carbocycles. The van der Waals surface area contributed by atoms with Gasteiger partial charge in [0.05, 0.1) is 0 Å². The van der Waals surface area contributed by atoms with Gasteiger partial charge < -0.3 is 15.3 Å². The van der Waals surface area contributed by atoms with Crippen molar-refractivity contribution in [2.45, 2.75) is 31.8 Å². The lowest BCUT2D eigenvalue weighted by atomic mass is 10.1. The number of hydrogen-bond acceptors (Lipinski definition) is 3. The highest BCUT2D eigenvalue weighted by atomic mass is 35.5. The Kier molecular flexibility index (Phi) is 4.87. The Morgan fingerprint density at radius 1 is 1.50 bits per heavy atom. The lowest BCUT2D eigenvalue weighted by molar-refractivity contribution is 0.271. The minimum Gasteiger partial charge on any atom is -0.396 e. The Labute approximate surface area is 114 Å². The van der Waals surface area contributed by atoms with E-state index in [1.165, 1.54) is 0 Å². The zero-order valence-electron chi connectivity index (χ0n) is 10.8. The average molecular weight is 269 g/mol. The van der Waals surface area contributed by atoms with Crippen LogP contribution in [0.2, 0.25) is 5.02 Å². The number of halogens is 1. The van der Waals surface area contributed by atoms with Crippen molar-refractivity contribution in [1.82, 2.24) is 5.32 Å². The van der Waals surface area contributed by atoms with E-state index in [4.69, 9.17) is 11.6 Å². The average Bonchev–Trinajstić information content (AvgIpc) is 2.52. The van der Waals surface area contributed by atoms with Gasteiger partial charge in [0.15, 0.2) is 0 Å². The van der Waals surface area contributed by atoms with E-state index >= 15 is 0 Å². The molecule has 2 rings (SSSR count). The Balaban J connectivity index is 2.28. The molecule has 1 saturated heterocycles. The van der Waals surface area contributed by atoms with Crippen LogP contribution in [0.1, 0.15) is 19.8 Å². The molecule has 0 radical (unpaired) electrons. The normalized spacial score (nSPS) is 24.9. The lowest BCUT2D eigenvalue weighted by Crippen LogP contribution is -2.44. The zero-order valence-corrected chi connectivity index (χ0v) is 11.5. The molecule has 1 fully saturated rings. The molecule has 1 aliphatic heterocycles. The molecule has 0 amide bonds. The van der Waals surface area contributed by atoms with Gasteiger partial charge in [0.2, 0.25) is 0 Å². The van der Waals surface area contributed by atoms with Crippen molar-refractivity contribution in [2.75, 3.05) is 24.6 Å². The van der Waals surface area contributed by atoms with Gasteiger partial charge in [-0.2, -0.15) is 0 Å². The Bertz CT molecular complexity index is 386. The first kappa shape index (κ1) is 13.7. The first-order chi connectivity index (χ1) is 8.72. The molecule has 0 aliphatic carbocycles. The van der Waals surface area contributed by atoms with Crippen LogP contribution in [0.3, 0.4) is 0 Å². The predicted molar refractivity (Wildman–Crippen MR) is 76.4 cm³/mol. The van der Waals surface area contributed by atoms with Crippen molar-refractivity contribution in [1.29, 1.82) is 0 Å². The summed E-state index contributed by atoms with van der Waals surface area (Å²) in [5, 5.41) is 13.4. The Hall–Kier alpha value is -0.770. The van der Waals surface area contributed by atoms with E-state index < -0.39 is 0 Å². The highest BCUT2D eigenvalue weighted by Crippen LogP contribution is 2.26. The minimum absolute atomic E-state index is 0.218. The second-order valence-electron chi connectivity index (χ2n) is 4.90. The summed E-state index contributed by atoms with van der Waals surface area (Å²) >= 11 is 6.09. The molecular weight excluding hydrogens is 248 g/mol. The molecule has 2 unspecified atom stereocenters. The van der Waals surface area contributed by atoms with Crippen LogP contribution in [0.15, 0.2) is 24.3 Å². The monoisotopic (exact) mass is 268 g/mol. The van der Waals surface area contributed by atoms with E-state index in [2.05, 4.69) is 23.2 Å². The maximum Gasteiger partial charge on any atom is 0.0451 e. The third kappa shape index (κ3) is 3.16. The number of benzene rings is 1. The Morgan fingerprint density at radius 2 is 2.33 bits per heavy atom. The van der Waals surface area contributed by atoms with Crippen molar-refractivity contribution >= 4 is 17.3 Å². The lowest BCUT2D eigenvalue weighted by Gasteiger charge is -2.36. The summed E-state index contributed by atoms with van der Waals surface area (Å²) in [6.45, 7) is 4.39. The number of nitrogens with zero attached hydrogens (tertiary/aromatic N) is 1. The van der Waals surface area contributed by atoms with Gasteiger partial charge in [-0.05, 0) is 44.5 Å². The second-order valence-corrected chi connectivity index (χ2v) is 5.33. The van der Waals surface area contributed by atoms with Crippen LogP contribution in [0.5, 0.6) is 0 Å². The van der Waals surface area contributed by atoms with Crippen molar-refractivity contribution in [2.24, 2.45) is 0 Å². The number of nitrogens with one attached hydrogen (secondary N) is 1. The van der Waals surface area contributed by atoms with Gasteiger partial charge in [-0.25, -0.2) is 0 Å². The number of hydrogen-bond donors (Lipinski definition) is 2. The van der Waals surface area contributed by atoms with Crippen molar-refractivity contribution in [3.63, 3.8) is 0 Å². The third-order valence-electron chi connectivity index (χ3n) is 3.56. The van der Waals surface area contributed by atoms with Gasteiger partial charge in [0, 0.05) is 35.9 Å². The van der Waals surface area contributed by atoms with Crippen LogP contribution in [-0.2, 0) is 0 Å². The van der Waals surface area contributed by atoms with Crippen LogP contribution >= 0.6 is 11.6 Å². The highest BCUT2D eigenvalue weighted by Gasteiger charge is 2.25. The van der Waals surface area contributed by atoms with E-state index in [0.717, 1.165) is 36.6 Å². The molecule has 2 atom stereocenters. The number of aliphatic hydroxyl groups is 1. The van der Waals surface area contributed by atoms with Crippen LogP contribution in [0.4, 0.5) is 5.69 Å². The van der Waals surface area contributed by atoms with Gasteiger partial charge in [-0.3, -0.25) is 0 Å². The zero-order chi connectivity index (χ0) is 13.0. The summed E-state index contributed by atoms with van der Waals surface area (Å²) in [5.74, 6) is 0. The summed E-state index contributed by atoms with van der Waals surface area (Å²) in [6.07, 6.45) is 1.89. The molecule has 18 heavy (non-hydrogen) atoms. The fourth-order valence-corrected chi connectivity index (χ4v) is 2.85. The molecule has 0 aromatic heterocycles. The topological polar surface area (TPSA) is 35.5 Å². The number of aliphatic hydroxyl groups excluding tert-OH is 1. The largest absolute Gasteiger partial charge is 0.396 e.